The van der Waals surface area contributed by atoms with Gasteiger partial charge in [-0.2, -0.15) is 5.10 Å². The van der Waals surface area contributed by atoms with Gasteiger partial charge in [0.2, 0.25) is 0 Å². The molecule has 0 saturated carbocycles. The smallest absolute Gasteiger partial charge is 0.268 e. The van der Waals surface area contributed by atoms with E-state index in [1.54, 1.807) is 15.7 Å². The summed E-state index contributed by atoms with van der Waals surface area (Å²) in [6.45, 7) is 4.94. The van der Waals surface area contributed by atoms with E-state index in [1.165, 1.54) is 11.1 Å². The number of fused-ring (bicyclic) bond motifs is 1. The molecule has 1 amide bonds. The van der Waals surface area contributed by atoms with Gasteiger partial charge in [0.05, 0.1) is 5.69 Å². The molecule has 160 valence electrons. The number of carbonyl (C=O) groups excluding carboxylic acids is 1. The highest BCUT2D eigenvalue weighted by Gasteiger charge is 2.29. The minimum absolute atomic E-state index is 0.172. The Hall–Kier alpha value is -3.22. The maximum absolute atomic E-state index is 13.5. The van der Waals surface area contributed by atoms with Gasteiger partial charge in [-0.1, -0.05) is 12.1 Å². The Morgan fingerprint density at radius 1 is 1.13 bits per heavy atom. The van der Waals surface area contributed by atoms with Crippen molar-refractivity contribution >= 4 is 5.91 Å². The van der Waals surface area contributed by atoms with Gasteiger partial charge in [-0.25, -0.2) is 4.98 Å². The molecule has 0 unspecified atom stereocenters. The van der Waals surface area contributed by atoms with E-state index in [2.05, 4.69) is 21.2 Å². The Balaban J connectivity index is 1.42. The molecule has 1 aromatic carbocycles. The first-order valence-corrected chi connectivity index (χ1v) is 11.0. The summed E-state index contributed by atoms with van der Waals surface area (Å²) in [5, 5.41) is 7.17. The third-order valence-electron chi connectivity index (χ3n) is 6.66. The molecule has 31 heavy (non-hydrogen) atoms. The number of aromatic nitrogens is 4. The molecule has 3 aromatic rings. The Morgan fingerprint density at radius 2 is 1.94 bits per heavy atom. The van der Waals surface area contributed by atoms with Gasteiger partial charge in [-0.3, -0.25) is 19.3 Å². The quantitative estimate of drug-likeness (QED) is 0.710. The van der Waals surface area contributed by atoms with Crippen LogP contribution in [0.5, 0.6) is 0 Å². The minimum atomic E-state index is -0.225. The lowest BCUT2D eigenvalue weighted by Gasteiger charge is -2.31. The molecular formula is C24H27N5O2. The number of nitrogens with zero attached hydrogens (tertiary/aromatic N) is 4. The Kier molecular flexibility index (Phi) is 4.96. The van der Waals surface area contributed by atoms with Gasteiger partial charge >= 0.3 is 0 Å². The topological polar surface area (TPSA) is 83.9 Å². The number of aromatic amines is 1. The minimum Gasteiger partial charge on any atom is -0.338 e. The van der Waals surface area contributed by atoms with Crippen LogP contribution in [-0.2, 0) is 12.8 Å². The van der Waals surface area contributed by atoms with Crippen molar-refractivity contribution in [3.8, 4) is 5.69 Å². The van der Waals surface area contributed by atoms with E-state index in [0.29, 0.717) is 13.1 Å². The second kappa shape index (κ2) is 7.80. The van der Waals surface area contributed by atoms with Crippen LogP contribution >= 0.6 is 0 Å². The zero-order chi connectivity index (χ0) is 21.5. The second-order valence-corrected chi connectivity index (χ2v) is 8.66. The van der Waals surface area contributed by atoms with Crippen molar-refractivity contribution in [2.45, 2.75) is 51.9 Å². The molecule has 7 heteroatoms. The standard InChI is InChI=1S/C24H27N5O2/c1-15-9-14-29(20-8-4-6-17-5-3-7-19(17)20)24(31)21(15)23(30)28-12-10-18(11-13-28)22-25-16(2)26-27-22/h4,6,8-9,14,18H,3,5,7,10-13H2,1-2H3,(H,25,26,27). The molecule has 2 aliphatic rings. The summed E-state index contributed by atoms with van der Waals surface area (Å²) in [6, 6.07) is 8.01. The van der Waals surface area contributed by atoms with E-state index in [1.807, 2.05) is 32.0 Å². The van der Waals surface area contributed by atoms with E-state index < -0.39 is 0 Å². The van der Waals surface area contributed by atoms with Gasteiger partial charge in [-0.05, 0) is 74.8 Å². The third kappa shape index (κ3) is 3.48. The third-order valence-corrected chi connectivity index (χ3v) is 6.66. The Labute approximate surface area is 181 Å². The summed E-state index contributed by atoms with van der Waals surface area (Å²) in [5.74, 6) is 1.70. The molecule has 0 bridgehead atoms. The number of aryl methyl sites for hydroxylation is 3. The highest BCUT2D eigenvalue weighted by molar-refractivity contribution is 5.95. The van der Waals surface area contributed by atoms with Gasteiger partial charge in [0.15, 0.2) is 5.82 Å². The monoisotopic (exact) mass is 417 g/mol. The highest BCUT2D eigenvalue weighted by atomic mass is 16.2. The maximum atomic E-state index is 13.5. The highest BCUT2D eigenvalue weighted by Crippen LogP contribution is 2.28. The molecule has 1 aliphatic heterocycles. The summed E-state index contributed by atoms with van der Waals surface area (Å²) < 4.78 is 1.66. The van der Waals surface area contributed by atoms with Crippen LogP contribution in [0.15, 0.2) is 35.3 Å². The molecule has 0 radical (unpaired) electrons. The van der Waals surface area contributed by atoms with E-state index >= 15 is 0 Å². The summed E-state index contributed by atoms with van der Waals surface area (Å²) in [5.41, 5.74) is 4.23. The summed E-state index contributed by atoms with van der Waals surface area (Å²) in [7, 11) is 0. The first-order valence-electron chi connectivity index (χ1n) is 11.0. The van der Waals surface area contributed by atoms with Crippen LogP contribution in [-0.4, -0.2) is 43.6 Å². The predicted molar refractivity (Wildman–Crippen MR) is 118 cm³/mol. The first-order chi connectivity index (χ1) is 15.0. The van der Waals surface area contributed by atoms with Gasteiger partial charge in [0, 0.05) is 25.2 Å². The van der Waals surface area contributed by atoms with E-state index in [-0.39, 0.29) is 22.9 Å². The average molecular weight is 418 g/mol. The normalized spacial score (nSPS) is 16.5. The number of rotatable bonds is 3. The predicted octanol–water partition coefficient (Wildman–Crippen LogP) is 3.08. The number of carbonyl (C=O) groups is 1. The number of hydrogen-bond acceptors (Lipinski definition) is 4. The fourth-order valence-corrected chi connectivity index (χ4v) is 4.94. The van der Waals surface area contributed by atoms with Crippen molar-refractivity contribution in [3.05, 3.63) is 74.7 Å². The number of piperidine rings is 1. The fraction of sp³-hybridized carbons (Fsp3) is 0.417. The first kappa shape index (κ1) is 19.7. The van der Waals surface area contributed by atoms with E-state index in [0.717, 1.165) is 55.0 Å². The SMILES string of the molecule is Cc1nc(C2CCN(C(=O)c3c(C)ccn(-c4cccc5c4CCC5)c3=O)CC2)n[nH]1. The van der Waals surface area contributed by atoms with Crippen LogP contribution in [0.2, 0.25) is 0 Å². The fourth-order valence-electron chi connectivity index (χ4n) is 4.94. The molecule has 5 rings (SSSR count). The van der Waals surface area contributed by atoms with Crippen molar-refractivity contribution in [3.63, 3.8) is 0 Å². The molecule has 3 heterocycles. The molecule has 7 nitrogen and oxygen atoms in total. The van der Waals surface area contributed by atoms with Crippen LogP contribution in [0.3, 0.4) is 0 Å². The zero-order valence-corrected chi connectivity index (χ0v) is 18.0. The van der Waals surface area contributed by atoms with Crippen molar-refractivity contribution < 1.29 is 4.79 Å². The summed E-state index contributed by atoms with van der Waals surface area (Å²) >= 11 is 0. The number of hydrogen-bond donors (Lipinski definition) is 1. The maximum Gasteiger partial charge on any atom is 0.268 e. The van der Waals surface area contributed by atoms with E-state index in [9.17, 15) is 9.59 Å². The van der Waals surface area contributed by atoms with Crippen molar-refractivity contribution in [2.75, 3.05) is 13.1 Å². The molecule has 0 atom stereocenters. The van der Waals surface area contributed by atoms with Gasteiger partial charge in [-0.15, -0.1) is 0 Å². The number of likely N-dealkylation sites (tertiary alicyclic amines) is 1. The summed E-state index contributed by atoms with van der Waals surface area (Å²) in [6.07, 6.45) is 6.54. The number of pyridine rings is 1. The van der Waals surface area contributed by atoms with Gasteiger partial charge in [0.25, 0.3) is 11.5 Å². The van der Waals surface area contributed by atoms with Gasteiger partial charge in [0.1, 0.15) is 11.4 Å². The lowest BCUT2D eigenvalue weighted by Crippen LogP contribution is -2.41. The molecule has 1 N–H and O–H groups in total. The van der Waals surface area contributed by atoms with Crippen molar-refractivity contribution in [1.82, 2.24) is 24.6 Å². The van der Waals surface area contributed by atoms with Crippen LogP contribution in [0.4, 0.5) is 0 Å². The zero-order valence-electron chi connectivity index (χ0n) is 18.0. The molecule has 0 spiro atoms. The molecular weight excluding hydrogens is 390 g/mol. The molecule has 1 fully saturated rings. The molecule has 1 saturated heterocycles. The van der Waals surface area contributed by atoms with Crippen LogP contribution in [0.1, 0.15) is 63.9 Å². The number of benzene rings is 1. The lowest BCUT2D eigenvalue weighted by molar-refractivity contribution is 0.0708. The average Bonchev–Trinajstić information content (AvgIpc) is 3.43. The molecule has 2 aromatic heterocycles. The van der Waals surface area contributed by atoms with Crippen LogP contribution in [0, 0.1) is 13.8 Å². The number of H-pyrrole nitrogens is 1. The number of amides is 1. The Morgan fingerprint density at radius 3 is 2.68 bits per heavy atom. The second-order valence-electron chi connectivity index (χ2n) is 8.66. The van der Waals surface area contributed by atoms with Crippen LogP contribution in [0.25, 0.3) is 5.69 Å². The molecule has 1 aliphatic carbocycles. The van der Waals surface area contributed by atoms with Crippen molar-refractivity contribution in [2.24, 2.45) is 0 Å². The van der Waals surface area contributed by atoms with E-state index in [4.69, 9.17) is 0 Å². The summed E-state index contributed by atoms with van der Waals surface area (Å²) in [4.78, 5) is 33.1. The van der Waals surface area contributed by atoms with Crippen molar-refractivity contribution in [1.29, 1.82) is 0 Å². The largest absolute Gasteiger partial charge is 0.338 e. The van der Waals surface area contributed by atoms with Crippen LogP contribution < -0.4 is 5.56 Å². The number of nitrogens with one attached hydrogen (secondary N) is 1. The Bertz CT molecular complexity index is 1200. The van der Waals surface area contributed by atoms with Gasteiger partial charge < -0.3 is 4.90 Å². The lowest BCUT2D eigenvalue weighted by atomic mass is 9.95.